The van der Waals surface area contributed by atoms with Crippen molar-refractivity contribution in [3.63, 3.8) is 0 Å². The number of halogens is 1. The Hall–Kier alpha value is -1.67. The average Bonchev–Trinajstić information content (AvgIpc) is 2.79. The van der Waals surface area contributed by atoms with E-state index >= 15 is 0 Å². The van der Waals surface area contributed by atoms with Crippen molar-refractivity contribution in [2.75, 3.05) is 5.32 Å². The third kappa shape index (κ3) is 2.75. The zero-order valence-corrected chi connectivity index (χ0v) is 12.5. The number of hydrogen-bond acceptors (Lipinski definition) is 2. The molecule has 0 aromatic heterocycles. The molecule has 2 aromatic rings. The SMILES string of the molecule is Cc1ccc(Cl)cc1NCc1ccc2c(c1)C[C@@H](C)O2. The van der Waals surface area contributed by atoms with E-state index in [4.69, 9.17) is 16.3 Å². The molecular formula is C17H18ClNO. The molecule has 0 amide bonds. The van der Waals surface area contributed by atoms with Gasteiger partial charge in [0.05, 0.1) is 0 Å². The van der Waals surface area contributed by atoms with Crippen LogP contribution in [0.15, 0.2) is 36.4 Å². The maximum atomic E-state index is 6.03. The van der Waals surface area contributed by atoms with Gasteiger partial charge in [0.25, 0.3) is 0 Å². The largest absolute Gasteiger partial charge is 0.490 e. The molecule has 104 valence electrons. The maximum Gasteiger partial charge on any atom is 0.123 e. The quantitative estimate of drug-likeness (QED) is 0.892. The lowest BCUT2D eigenvalue weighted by atomic mass is 10.1. The minimum atomic E-state index is 0.295. The zero-order valence-electron chi connectivity index (χ0n) is 11.7. The van der Waals surface area contributed by atoms with Crippen molar-refractivity contribution in [3.8, 4) is 5.75 Å². The summed E-state index contributed by atoms with van der Waals surface area (Å²) in [5.74, 6) is 1.03. The summed E-state index contributed by atoms with van der Waals surface area (Å²) in [5.41, 5.74) is 4.86. The van der Waals surface area contributed by atoms with Gasteiger partial charge in [-0.25, -0.2) is 0 Å². The minimum Gasteiger partial charge on any atom is -0.490 e. The summed E-state index contributed by atoms with van der Waals surface area (Å²) in [6.45, 7) is 4.98. The Bertz CT molecular complexity index is 639. The molecule has 0 saturated carbocycles. The summed E-state index contributed by atoms with van der Waals surface area (Å²) in [4.78, 5) is 0. The van der Waals surface area contributed by atoms with Crippen LogP contribution in [-0.2, 0) is 13.0 Å². The van der Waals surface area contributed by atoms with Gasteiger partial charge in [0.15, 0.2) is 0 Å². The van der Waals surface area contributed by atoms with Gasteiger partial charge in [-0.3, -0.25) is 0 Å². The maximum absolute atomic E-state index is 6.03. The van der Waals surface area contributed by atoms with Crippen molar-refractivity contribution in [2.24, 2.45) is 0 Å². The normalized spacial score (nSPS) is 16.6. The molecule has 1 heterocycles. The minimum absolute atomic E-state index is 0.295. The fraction of sp³-hybridized carbons (Fsp3) is 0.294. The number of nitrogens with one attached hydrogen (secondary N) is 1. The highest BCUT2D eigenvalue weighted by atomic mass is 35.5. The highest BCUT2D eigenvalue weighted by Crippen LogP contribution is 2.29. The lowest BCUT2D eigenvalue weighted by Gasteiger charge is -2.11. The number of aryl methyl sites for hydroxylation is 1. The molecule has 2 aromatic carbocycles. The average molecular weight is 288 g/mol. The number of benzene rings is 2. The van der Waals surface area contributed by atoms with Crippen LogP contribution in [0.1, 0.15) is 23.6 Å². The Labute approximate surface area is 124 Å². The first-order valence-electron chi connectivity index (χ1n) is 6.90. The van der Waals surface area contributed by atoms with Crippen molar-refractivity contribution in [1.29, 1.82) is 0 Å². The van der Waals surface area contributed by atoms with Gasteiger partial charge in [0.1, 0.15) is 11.9 Å². The van der Waals surface area contributed by atoms with Crippen LogP contribution in [-0.4, -0.2) is 6.10 Å². The molecule has 1 N–H and O–H groups in total. The third-order valence-corrected chi connectivity index (χ3v) is 3.88. The van der Waals surface area contributed by atoms with Crippen molar-refractivity contribution < 1.29 is 4.74 Å². The van der Waals surface area contributed by atoms with Gasteiger partial charge in [-0.1, -0.05) is 29.8 Å². The van der Waals surface area contributed by atoms with Crippen molar-refractivity contribution in [1.82, 2.24) is 0 Å². The fourth-order valence-electron chi connectivity index (χ4n) is 2.57. The summed E-state index contributed by atoms with van der Waals surface area (Å²) in [6, 6.07) is 12.3. The van der Waals surface area contributed by atoms with Gasteiger partial charge < -0.3 is 10.1 Å². The number of ether oxygens (including phenoxy) is 1. The molecular weight excluding hydrogens is 270 g/mol. The first-order chi connectivity index (χ1) is 9.61. The van der Waals surface area contributed by atoms with Crippen molar-refractivity contribution in [2.45, 2.75) is 32.9 Å². The van der Waals surface area contributed by atoms with E-state index in [1.54, 1.807) is 0 Å². The predicted octanol–water partition coefficient (Wildman–Crippen LogP) is 4.58. The Balaban J connectivity index is 1.73. The Morgan fingerprint density at radius 2 is 2.10 bits per heavy atom. The summed E-state index contributed by atoms with van der Waals surface area (Å²) < 4.78 is 5.72. The van der Waals surface area contributed by atoms with Crippen molar-refractivity contribution in [3.05, 3.63) is 58.1 Å². The smallest absolute Gasteiger partial charge is 0.123 e. The van der Waals surface area contributed by atoms with Crippen LogP contribution >= 0.6 is 11.6 Å². The Morgan fingerprint density at radius 3 is 2.95 bits per heavy atom. The number of anilines is 1. The van der Waals surface area contributed by atoms with E-state index in [-0.39, 0.29) is 0 Å². The first-order valence-corrected chi connectivity index (χ1v) is 7.28. The first kappa shape index (κ1) is 13.3. The van der Waals surface area contributed by atoms with E-state index in [0.29, 0.717) is 6.10 Å². The van der Waals surface area contributed by atoms with Crippen LogP contribution in [0.4, 0.5) is 5.69 Å². The van der Waals surface area contributed by atoms with Gasteiger partial charge in [-0.15, -0.1) is 0 Å². The summed E-state index contributed by atoms with van der Waals surface area (Å²) >= 11 is 6.03. The molecule has 1 aliphatic heterocycles. The van der Waals surface area contributed by atoms with Gasteiger partial charge >= 0.3 is 0 Å². The number of rotatable bonds is 3. The molecule has 0 bridgehead atoms. The second-order valence-corrected chi connectivity index (χ2v) is 5.82. The highest BCUT2D eigenvalue weighted by molar-refractivity contribution is 6.30. The summed E-state index contributed by atoms with van der Waals surface area (Å²) in [5, 5.41) is 4.21. The van der Waals surface area contributed by atoms with Crippen LogP contribution in [0.5, 0.6) is 5.75 Å². The molecule has 0 aliphatic carbocycles. The zero-order chi connectivity index (χ0) is 14.1. The van der Waals surface area contributed by atoms with Gasteiger partial charge in [0, 0.05) is 23.7 Å². The van der Waals surface area contributed by atoms with Crippen LogP contribution in [0.3, 0.4) is 0 Å². The highest BCUT2D eigenvalue weighted by Gasteiger charge is 2.18. The molecule has 0 unspecified atom stereocenters. The Kier molecular flexibility index (Phi) is 3.58. The standard InChI is InChI=1S/C17H18ClNO/c1-11-3-5-15(18)9-16(11)19-10-13-4-6-17-14(8-13)7-12(2)20-17/h3-6,8-9,12,19H,7,10H2,1-2H3/t12-/m1/s1. The van der Waals surface area contributed by atoms with E-state index in [9.17, 15) is 0 Å². The van der Waals surface area contributed by atoms with E-state index < -0.39 is 0 Å². The van der Waals surface area contributed by atoms with Gasteiger partial charge in [-0.05, 0) is 48.7 Å². The fourth-order valence-corrected chi connectivity index (χ4v) is 2.74. The molecule has 0 saturated heterocycles. The summed E-state index contributed by atoms with van der Waals surface area (Å²) in [6.07, 6.45) is 1.29. The molecule has 1 atom stereocenters. The molecule has 3 rings (SSSR count). The molecule has 0 spiro atoms. The van der Waals surface area contributed by atoms with Crippen LogP contribution in [0, 0.1) is 6.92 Å². The number of hydrogen-bond donors (Lipinski definition) is 1. The monoisotopic (exact) mass is 287 g/mol. The molecule has 3 heteroatoms. The lowest BCUT2D eigenvalue weighted by Crippen LogP contribution is -2.05. The van der Waals surface area contributed by atoms with E-state index in [1.807, 2.05) is 18.2 Å². The third-order valence-electron chi connectivity index (χ3n) is 3.64. The van der Waals surface area contributed by atoms with E-state index in [0.717, 1.165) is 29.4 Å². The van der Waals surface area contributed by atoms with E-state index in [1.165, 1.54) is 16.7 Å². The molecule has 2 nitrogen and oxygen atoms in total. The molecule has 1 aliphatic rings. The molecule has 0 fully saturated rings. The van der Waals surface area contributed by atoms with Crippen LogP contribution in [0.2, 0.25) is 5.02 Å². The van der Waals surface area contributed by atoms with Gasteiger partial charge in [0.2, 0.25) is 0 Å². The van der Waals surface area contributed by atoms with Crippen molar-refractivity contribution >= 4 is 17.3 Å². The van der Waals surface area contributed by atoms with Crippen LogP contribution in [0.25, 0.3) is 0 Å². The second-order valence-electron chi connectivity index (χ2n) is 5.39. The molecule has 20 heavy (non-hydrogen) atoms. The number of fused-ring (bicyclic) bond motifs is 1. The Morgan fingerprint density at radius 1 is 1.25 bits per heavy atom. The predicted molar refractivity (Wildman–Crippen MR) is 83.8 cm³/mol. The second kappa shape index (κ2) is 5.37. The molecule has 0 radical (unpaired) electrons. The lowest BCUT2D eigenvalue weighted by molar-refractivity contribution is 0.254. The topological polar surface area (TPSA) is 21.3 Å². The summed E-state index contributed by atoms with van der Waals surface area (Å²) in [7, 11) is 0. The van der Waals surface area contributed by atoms with E-state index in [2.05, 4.69) is 37.4 Å². The van der Waals surface area contributed by atoms with Crippen LogP contribution < -0.4 is 10.1 Å². The van der Waals surface area contributed by atoms with Gasteiger partial charge in [-0.2, -0.15) is 0 Å².